The molecule has 0 fully saturated rings. The number of halogens is 2. The van der Waals surface area contributed by atoms with E-state index in [2.05, 4.69) is 5.32 Å². The van der Waals surface area contributed by atoms with Gasteiger partial charge in [-0.2, -0.15) is 0 Å². The minimum atomic E-state index is -0.478. The number of benzene rings is 2. The Kier molecular flexibility index (Phi) is 4.25. The van der Waals surface area contributed by atoms with Gasteiger partial charge in [-0.15, -0.1) is 0 Å². The SMILES string of the molecule is COc1cc(C(=O)Nc2ccc(F)cc2Cl)cc2c1OCCO2. The molecule has 2 aromatic rings. The Bertz CT molecular complexity index is 749. The van der Waals surface area contributed by atoms with Crippen LogP contribution in [0.3, 0.4) is 0 Å². The fraction of sp³-hybridized carbons (Fsp3) is 0.188. The Morgan fingerprint density at radius 1 is 1.26 bits per heavy atom. The number of nitrogens with one attached hydrogen (secondary N) is 1. The second-order valence-electron chi connectivity index (χ2n) is 4.78. The summed E-state index contributed by atoms with van der Waals surface area (Å²) in [4.78, 5) is 12.4. The highest BCUT2D eigenvalue weighted by molar-refractivity contribution is 6.33. The van der Waals surface area contributed by atoms with Crippen LogP contribution in [0.1, 0.15) is 10.4 Å². The van der Waals surface area contributed by atoms with E-state index in [1.54, 1.807) is 12.1 Å². The van der Waals surface area contributed by atoms with Crippen LogP contribution in [0.25, 0.3) is 0 Å². The molecule has 1 aliphatic rings. The maximum atomic E-state index is 13.1. The lowest BCUT2D eigenvalue weighted by Gasteiger charge is -2.21. The number of amides is 1. The van der Waals surface area contributed by atoms with Gasteiger partial charge in [-0.3, -0.25) is 4.79 Å². The molecule has 1 aliphatic heterocycles. The number of hydrogen-bond donors (Lipinski definition) is 1. The van der Waals surface area contributed by atoms with Crippen molar-refractivity contribution in [2.45, 2.75) is 0 Å². The number of rotatable bonds is 3. The minimum Gasteiger partial charge on any atom is -0.493 e. The fourth-order valence-corrected chi connectivity index (χ4v) is 2.40. The highest BCUT2D eigenvalue weighted by atomic mass is 35.5. The van der Waals surface area contributed by atoms with Crippen LogP contribution in [0.5, 0.6) is 17.2 Å². The maximum Gasteiger partial charge on any atom is 0.255 e. The summed E-state index contributed by atoms with van der Waals surface area (Å²) in [6, 6.07) is 6.84. The third-order valence-corrected chi connectivity index (χ3v) is 3.58. The molecule has 0 aromatic heterocycles. The minimum absolute atomic E-state index is 0.114. The van der Waals surface area contributed by atoms with Crippen molar-refractivity contribution >= 4 is 23.2 Å². The van der Waals surface area contributed by atoms with Gasteiger partial charge in [-0.1, -0.05) is 11.6 Å². The molecule has 0 unspecified atom stereocenters. The van der Waals surface area contributed by atoms with Crippen LogP contribution in [-0.2, 0) is 0 Å². The first-order chi connectivity index (χ1) is 11.1. The molecule has 0 atom stereocenters. The van der Waals surface area contributed by atoms with E-state index in [-0.39, 0.29) is 5.02 Å². The smallest absolute Gasteiger partial charge is 0.255 e. The molecule has 120 valence electrons. The van der Waals surface area contributed by atoms with Crippen LogP contribution in [0.15, 0.2) is 30.3 Å². The topological polar surface area (TPSA) is 56.8 Å². The Morgan fingerprint density at radius 2 is 2.04 bits per heavy atom. The molecule has 0 aliphatic carbocycles. The summed E-state index contributed by atoms with van der Waals surface area (Å²) < 4.78 is 29.3. The second kappa shape index (κ2) is 6.34. The lowest BCUT2D eigenvalue weighted by Crippen LogP contribution is -2.18. The predicted molar refractivity (Wildman–Crippen MR) is 83.3 cm³/mol. The van der Waals surface area contributed by atoms with E-state index >= 15 is 0 Å². The first-order valence-corrected chi connectivity index (χ1v) is 7.20. The molecule has 3 rings (SSSR count). The molecule has 2 aromatic carbocycles. The molecular formula is C16H13ClFNO4. The van der Waals surface area contributed by atoms with Gasteiger partial charge >= 0.3 is 0 Å². The molecule has 0 saturated carbocycles. The van der Waals surface area contributed by atoms with Crippen LogP contribution in [-0.4, -0.2) is 26.2 Å². The number of carbonyl (C=O) groups excluding carboxylic acids is 1. The van der Waals surface area contributed by atoms with E-state index in [1.165, 1.54) is 19.2 Å². The van der Waals surface area contributed by atoms with Gasteiger partial charge in [0.2, 0.25) is 5.75 Å². The lowest BCUT2D eigenvalue weighted by molar-refractivity contribution is 0.102. The van der Waals surface area contributed by atoms with Crippen molar-refractivity contribution in [3.8, 4) is 17.2 Å². The molecule has 1 N–H and O–H groups in total. The number of hydrogen-bond acceptors (Lipinski definition) is 4. The van der Waals surface area contributed by atoms with Crippen molar-refractivity contribution in [1.29, 1.82) is 0 Å². The maximum absolute atomic E-state index is 13.1. The summed E-state index contributed by atoms with van der Waals surface area (Å²) in [6.45, 7) is 0.811. The van der Waals surface area contributed by atoms with Gasteiger partial charge in [0.05, 0.1) is 17.8 Å². The second-order valence-corrected chi connectivity index (χ2v) is 5.19. The van der Waals surface area contributed by atoms with Gasteiger partial charge in [0.1, 0.15) is 19.0 Å². The number of carbonyl (C=O) groups is 1. The average molecular weight is 338 g/mol. The zero-order valence-electron chi connectivity index (χ0n) is 12.2. The fourth-order valence-electron chi connectivity index (χ4n) is 2.19. The van der Waals surface area contributed by atoms with Gasteiger partial charge in [-0.25, -0.2) is 4.39 Å². The van der Waals surface area contributed by atoms with Gasteiger partial charge in [0, 0.05) is 5.56 Å². The van der Waals surface area contributed by atoms with Gasteiger partial charge in [-0.05, 0) is 30.3 Å². The molecule has 5 nitrogen and oxygen atoms in total. The van der Waals surface area contributed by atoms with E-state index in [9.17, 15) is 9.18 Å². The number of anilines is 1. The van der Waals surface area contributed by atoms with E-state index < -0.39 is 11.7 Å². The van der Waals surface area contributed by atoms with Crippen molar-refractivity contribution in [2.24, 2.45) is 0 Å². The van der Waals surface area contributed by atoms with Crippen molar-refractivity contribution in [3.05, 3.63) is 46.7 Å². The number of fused-ring (bicyclic) bond motifs is 1. The van der Waals surface area contributed by atoms with Crippen LogP contribution < -0.4 is 19.5 Å². The monoisotopic (exact) mass is 337 g/mol. The lowest BCUT2D eigenvalue weighted by atomic mass is 10.1. The van der Waals surface area contributed by atoms with Crippen molar-refractivity contribution in [2.75, 3.05) is 25.6 Å². The van der Waals surface area contributed by atoms with E-state index in [0.717, 1.165) is 6.07 Å². The first kappa shape index (κ1) is 15.4. The zero-order chi connectivity index (χ0) is 16.4. The Balaban J connectivity index is 1.90. The van der Waals surface area contributed by atoms with E-state index in [1.807, 2.05) is 0 Å². The molecule has 23 heavy (non-hydrogen) atoms. The average Bonchev–Trinajstić information content (AvgIpc) is 2.56. The highest BCUT2D eigenvalue weighted by Crippen LogP contribution is 2.40. The largest absolute Gasteiger partial charge is 0.493 e. The highest BCUT2D eigenvalue weighted by Gasteiger charge is 2.21. The molecule has 0 bridgehead atoms. The van der Waals surface area contributed by atoms with Crippen molar-refractivity contribution < 1.29 is 23.4 Å². The van der Waals surface area contributed by atoms with E-state index in [0.29, 0.717) is 41.7 Å². The predicted octanol–water partition coefficient (Wildman–Crippen LogP) is 3.51. The summed E-state index contributed by atoms with van der Waals surface area (Å²) in [5.74, 6) is 0.404. The van der Waals surface area contributed by atoms with Gasteiger partial charge in [0.25, 0.3) is 5.91 Å². The zero-order valence-corrected chi connectivity index (χ0v) is 12.9. The van der Waals surface area contributed by atoms with Crippen LogP contribution >= 0.6 is 11.6 Å². The standard InChI is InChI=1S/C16H13ClFNO4/c1-21-13-6-9(7-14-15(13)23-5-4-22-14)16(20)19-12-3-2-10(18)8-11(12)17/h2-3,6-8H,4-5H2,1H3,(H,19,20). The van der Waals surface area contributed by atoms with Gasteiger partial charge in [0.15, 0.2) is 11.5 Å². The van der Waals surface area contributed by atoms with Crippen LogP contribution in [0, 0.1) is 5.82 Å². The van der Waals surface area contributed by atoms with Gasteiger partial charge < -0.3 is 19.5 Å². The molecule has 0 saturated heterocycles. The molecule has 1 heterocycles. The van der Waals surface area contributed by atoms with Crippen LogP contribution in [0.2, 0.25) is 5.02 Å². The molecule has 0 spiro atoms. The Hall–Kier alpha value is -2.47. The quantitative estimate of drug-likeness (QED) is 0.931. The third kappa shape index (κ3) is 3.17. The summed E-state index contributed by atoms with van der Waals surface area (Å²) in [6.07, 6.45) is 0. The number of ether oxygens (including phenoxy) is 3. The third-order valence-electron chi connectivity index (χ3n) is 3.27. The molecule has 1 amide bonds. The number of methoxy groups -OCH3 is 1. The van der Waals surface area contributed by atoms with Crippen LogP contribution in [0.4, 0.5) is 10.1 Å². The summed E-state index contributed by atoms with van der Waals surface area (Å²) >= 11 is 5.91. The summed E-state index contributed by atoms with van der Waals surface area (Å²) in [7, 11) is 1.48. The van der Waals surface area contributed by atoms with E-state index in [4.69, 9.17) is 25.8 Å². The Labute approximate surface area is 136 Å². The first-order valence-electron chi connectivity index (χ1n) is 6.82. The van der Waals surface area contributed by atoms with Crippen molar-refractivity contribution in [1.82, 2.24) is 0 Å². The molecule has 0 radical (unpaired) electrons. The summed E-state index contributed by atoms with van der Waals surface area (Å²) in [5, 5.41) is 2.74. The normalized spacial score (nSPS) is 12.7. The molecule has 7 heteroatoms. The Morgan fingerprint density at radius 3 is 2.78 bits per heavy atom. The summed E-state index contributed by atoms with van der Waals surface area (Å²) in [5.41, 5.74) is 0.624. The van der Waals surface area contributed by atoms with Crippen molar-refractivity contribution in [3.63, 3.8) is 0 Å². The molecular weight excluding hydrogens is 325 g/mol.